The Labute approximate surface area is 110 Å². The van der Waals surface area contributed by atoms with E-state index >= 15 is 0 Å². The summed E-state index contributed by atoms with van der Waals surface area (Å²) in [4.78, 5) is 12.9. The minimum absolute atomic E-state index is 0.229. The molecule has 1 N–H and O–H groups in total. The minimum Gasteiger partial charge on any atom is -0.481 e. The summed E-state index contributed by atoms with van der Waals surface area (Å²) in [5, 5.41) is 8.73. The number of hydrogen-bond donors (Lipinski definition) is 1. The van der Waals surface area contributed by atoms with Gasteiger partial charge >= 0.3 is 5.97 Å². The average Bonchev–Trinajstić information content (AvgIpc) is 2.75. The molecule has 2 rings (SSSR count). The fourth-order valence-corrected chi connectivity index (χ4v) is 2.66. The molecule has 1 aliphatic rings. The molecular formula is C13H16BrNO2. The zero-order valence-corrected chi connectivity index (χ0v) is 11.2. The molecule has 0 aromatic heterocycles. The molecule has 0 bridgehead atoms. The largest absolute Gasteiger partial charge is 0.481 e. The van der Waals surface area contributed by atoms with Crippen LogP contribution < -0.4 is 0 Å². The Morgan fingerprint density at radius 3 is 2.76 bits per heavy atom. The first-order valence-corrected chi connectivity index (χ1v) is 6.67. The Kier molecular flexibility index (Phi) is 4.18. The zero-order chi connectivity index (χ0) is 12.3. The van der Waals surface area contributed by atoms with Crippen molar-refractivity contribution in [3.05, 3.63) is 34.3 Å². The SMILES string of the molecule is O=C(O)CCN1CCC[C@H]1c1ccc(Br)cc1. The van der Waals surface area contributed by atoms with Crippen LogP contribution in [0.1, 0.15) is 30.9 Å². The maximum atomic E-state index is 10.6. The van der Waals surface area contributed by atoms with Gasteiger partial charge in [-0.05, 0) is 37.1 Å². The Bertz CT molecular complexity index is 391. The van der Waals surface area contributed by atoms with E-state index in [1.807, 2.05) is 12.1 Å². The Balaban J connectivity index is 2.03. The number of nitrogens with zero attached hydrogens (tertiary/aromatic N) is 1. The van der Waals surface area contributed by atoms with E-state index in [-0.39, 0.29) is 6.42 Å². The van der Waals surface area contributed by atoms with Crippen molar-refractivity contribution in [2.24, 2.45) is 0 Å². The van der Waals surface area contributed by atoms with Crippen LogP contribution in [0.5, 0.6) is 0 Å². The molecule has 0 unspecified atom stereocenters. The highest BCUT2D eigenvalue weighted by molar-refractivity contribution is 9.10. The van der Waals surface area contributed by atoms with Gasteiger partial charge in [0.25, 0.3) is 0 Å². The van der Waals surface area contributed by atoms with Crippen molar-refractivity contribution >= 4 is 21.9 Å². The first kappa shape index (κ1) is 12.6. The van der Waals surface area contributed by atoms with E-state index < -0.39 is 5.97 Å². The first-order chi connectivity index (χ1) is 8.16. The highest BCUT2D eigenvalue weighted by atomic mass is 79.9. The molecule has 1 atom stereocenters. The Hall–Kier alpha value is -0.870. The van der Waals surface area contributed by atoms with Gasteiger partial charge in [-0.15, -0.1) is 0 Å². The normalized spacial score (nSPS) is 20.6. The third kappa shape index (κ3) is 3.30. The first-order valence-electron chi connectivity index (χ1n) is 5.88. The van der Waals surface area contributed by atoms with Crippen LogP contribution >= 0.6 is 15.9 Å². The second kappa shape index (κ2) is 5.65. The lowest BCUT2D eigenvalue weighted by Crippen LogP contribution is -2.26. The molecule has 17 heavy (non-hydrogen) atoms. The third-order valence-corrected chi connectivity index (χ3v) is 3.76. The van der Waals surface area contributed by atoms with Crippen LogP contribution in [-0.2, 0) is 4.79 Å². The quantitative estimate of drug-likeness (QED) is 0.928. The lowest BCUT2D eigenvalue weighted by Gasteiger charge is -2.24. The molecule has 0 spiro atoms. The van der Waals surface area contributed by atoms with E-state index in [2.05, 4.69) is 33.0 Å². The molecule has 3 nitrogen and oxygen atoms in total. The second-order valence-corrected chi connectivity index (χ2v) is 5.30. The van der Waals surface area contributed by atoms with E-state index in [0.29, 0.717) is 12.6 Å². The molecule has 1 fully saturated rings. The topological polar surface area (TPSA) is 40.5 Å². The fourth-order valence-electron chi connectivity index (χ4n) is 2.40. The number of likely N-dealkylation sites (tertiary alicyclic amines) is 1. The van der Waals surface area contributed by atoms with Crippen molar-refractivity contribution in [3.63, 3.8) is 0 Å². The van der Waals surface area contributed by atoms with E-state index in [9.17, 15) is 4.79 Å². The van der Waals surface area contributed by atoms with Crippen LogP contribution in [0.25, 0.3) is 0 Å². The summed E-state index contributed by atoms with van der Waals surface area (Å²) in [5.74, 6) is -0.716. The summed E-state index contributed by atoms with van der Waals surface area (Å²) < 4.78 is 1.08. The standard InChI is InChI=1S/C13H16BrNO2/c14-11-5-3-10(4-6-11)12-2-1-8-15(12)9-7-13(16)17/h3-6,12H,1-2,7-9H2,(H,16,17)/t12-/m0/s1. The van der Waals surface area contributed by atoms with Crippen LogP contribution in [0.3, 0.4) is 0 Å². The van der Waals surface area contributed by atoms with E-state index in [4.69, 9.17) is 5.11 Å². The maximum absolute atomic E-state index is 10.6. The molecular weight excluding hydrogens is 282 g/mol. The fraction of sp³-hybridized carbons (Fsp3) is 0.462. The molecule has 4 heteroatoms. The monoisotopic (exact) mass is 297 g/mol. The van der Waals surface area contributed by atoms with Crippen molar-refractivity contribution < 1.29 is 9.90 Å². The summed E-state index contributed by atoms with van der Waals surface area (Å²) in [6.45, 7) is 1.66. The lowest BCUT2D eigenvalue weighted by atomic mass is 10.0. The smallest absolute Gasteiger partial charge is 0.304 e. The molecule has 1 aromatic carbocycles. The number of hydrogen-bond acceptors (Lipinski definition) is 2. The summed E-state index contributed by atoms with van der Waals surface area (Å²) in [6.07, 6.45) is 2.51. The molecule has 1 heterocycles. The van der Waals surface area contributed by atoms with Crippen molar-refractivity contribution in [1.82, 2.24) is 4.90 Å². The molecule has 1 aromatic rings. The van der Waals surface area contributed by atoms with Gasteiger partial charge < -0.3 is 5.11 Å². The summed E-state index contributed by atoms with van der Waals surface area (Å²) in [6, 6.07) is 8.72. The van der Waals surface area contributed by atoms with Crippen LogP contribution in [0.15, 0.2) is 28.7 Å². The van der Waals surface area contributed by atoms with E-state index in [1.165, 1.54) is 5.56 Å². The molecule has 92 valence electrons. The lowest BCUT2D eigenvalue weighted by molar-refractivity contribution is -0.137. The predicted molar refractivity (Wildman–Crippen MR) is 69.9 cm³/mol. The number of carboxylic acids is 1. The van der Waals surface area contributed by atoms with E-state index in [0.717, 1.165) is 23.9 Å². The summed E-state index contributed by atoms with van der Waals surface area (Å²) in [5.41, 5.74) is 1.29. The summed E-state index contributed by atoms with van der Waals surface area (Å²) in [7, 11) is 0. The average molecular weight is 298 g/mol. The highest BCUT2D eigenvalue weighted by Gasteiger charge is 2.25. The van der Waals surface area contributed by atoms with Crippen molar-refractivity contribution in [2.75, 3.05) is 13.1 Å². The van der Waals surface area contributed by atoms with Gasteiger partial charge in [-0.2, -0.15) is 0 Å². The molecule has 0 radical (unpaired) electrons. The van der Waals surface area contributed by atoms with Gasteiger partial charge in [-0.1, -0.05) is 28.1 Å². The van der Waals surface area contributed by atoms with Gasteiger partial charge in [0.15, 0.2) is 0 Å². The predicted octanol–water partition coefficient (Wildman–Crippen LogP) is 3.06. The molecule has 0 aliphatic carbocycles. The number of aliphatic carboxylic acids is 1. The molecule has 1 aliphatic heterocycles. The molecule has 0 saturated carbocycles. The molecule has 0 amide bonds. The van der Waals surface area contributed by atoms with Gasteiger partial charge in [0.05, 0.1) is 6.42 Å². The van der Waals surface area contributed by atoms with Gasteiger partial charge in [0.1, 0.15) is 0 Å². The zero-order valence-electron chi connectivity index (χ0n) is 9.60. The number of rotatable bonds is 4. The third-order valence-electron chi connectivity index (χ3n) is 3.23. The Morgan fingerprint density at radius 2 is 2.12 bits per heavy atom. The number of halogens is 1. The highest BCUT2D eigenvalue weighted by Crippen LogP contribution is 2.32. The van der Waals surface area contributed by atoms with Crippen LogP contribution in [0.4, 0.5) is 0 Å². The Morgan fingerprint density at radius 1 is 1.41 bits per heavy atom. The number of carbonyl (C=O) groups is 1. The van der Waals surface area contributed by atoms with Crippen LogP contribution in [-0.4, -0.2) is 29.1 Å². The van der Waals surface area contributed by atoms with Gasteiger partial charge in [0.2, 0.25) is 0 Å². The second-order valence-electron chi connectivity index (χ2n) is 4.39. The number of carboxylic acid groups (broad SMARTS) is 1. The van der Waals surface area contributed by atoms with E-state index in [1.54, 1.807) is 0 Å². The van der Waals surface area contributed by atoms with Crippen molar-refractivity contribution in [1.29, 1.82) is 0 Å². The minimum atomic E-state index is -0.716. The van der Waals surface area contributed by atoms with Gasteiger partial charge in [0, 0.05) is 17.1 Å². The van der Waals surface area contributed by atoms with Gasteiger partial charge in [-0.25, -0.2) is 0 Å². The van der Waals surface area contributed by atoms with Crippen molar-refractivity contribution in [3.8, 4) is 0 Å². The van der Waals surface area contributed by atoms with Crippen molar-refractivity contribution in [2.45, 2.75) is 25.3 Å². The van der Waals surface area contributed by atoms with Gasteiger partial charge in [-0.3, -0.25) is 9.69 Å². The summed E-state index contributed by atoms with van der Waals surface area (Å²) >= 11 is 3.43. The van der Waals surface area contributed by atoms with Crippen LogP contribution in [0.2, 0.25) is 0 Å². The molecule has 1 saturated heterocycles. The van der Waals surface area contributed by atoms with Crippen LogP contribution in [0, 0.1) is 0 Å². The maximum Gasteiger partial charge on any atom is 0.304 e. The number of benzene rings is 1.